The van der Waals surface area contributed by atoms with E-state index < -0.39 is 76.1 Å². The molecule has 0 spiro atoms. The van der Waals surface area contributed by atoms with Gasteiger partial charge in [0.15, 0.2) is 0 Å². The number of unbranched alkanes of at least 4 members (excludes halogenated alkanes) is 2. The third-order valence-corrected chi connectivity index (χ3v) is 7.43. The van der Waals surface area contributed by atoms with Gasteiger partial charge >= 0.3 is 36.6 Å². The minimum atomic E-state index is -1.09. The maximum atomic E-state index is 14.1. The van der Waals surface area contributed by atoms with Gasteiger partial charge in [-0.25, -0.2) is 38.6 Å². The van der Waals surface area contributed by atoms with E-state index in [9.17, 15) is 28.8 Å². The summed E-state index contributed by atoms with van der Waals surface area (Å²) in [4.78, 5) is 89.1. The number of carbonyl (C=O) groups is 6. The number of alkyl carbamates (subject to hydrolysis) is 2. The molecule has 0 bridgehead atoms. The Balaban J connectivity index is 3.48. The van der Waals surface area contributed by atoms with E-state index in [-0.39, 0.29) is 50.9 Å². The van der Waals surface area contributed by atoms with Gasteiger partial charge < -0.3 is 38.5 Å². The maximum absolute atomic E-state index is 14.1. The number of hydrogen-bond donors (Lipinski definition) is 4. The third kappa shape index (κ3) is 28.1. The minimum Gasteiger partial charge on any atom is -0.494 e. The van der Waals surface area contributed by atoms with E-state index in [1.54, 1.807) is 149 Å². The van der Waals surface area contributed by atoms with Crippen LogP contribution in [0.5, 0.6) is 5.75 Å². The van der Waals surface area contributed by atoms with Gasteiger partial charge in [0.25, 0.3) is 0 Å². The number of nitrogens with one attached hydrogen (secondary N) is 4. The van der Waals surface area contributed by atoms with E-state index in [4.69, 9.17) is 38.6 Å². The fourth-order valence-electron chi connectivity index (χ4n) is 5.09. The molecule has 1 rings (SSSR count). The zero-order valence-corrected chi connectivity index (χ0v) is 43.6. The lowest BCUT2D eigenvalue weighted by Crippen LogP contribution is -2.53. The van der Waals surface area contributed by atoms with Gasteiger partial charge in [-0.3, -0.25) is 16.0 Å². The summed E-state index contributed by atoms with van der Waals surface area (Å²) in [5.41, 5.74) is -5.03. The summed E-state index contributed by atoms with van der Waals surface area (Å²) < 4.78 is 38.9. The summed E-state index contributed by atoms with van der Waals surface area (Å²) in [6.07, 6.45) is -4.22. The van der Waals surface area contributed by atoms with Crippen LogP contribution in [0, 0.1) is 5.41 Å². The van der Waals surface area contributed by atoms with Crippen LogP contribution in [0.25, 0.3) is 0 Å². The first-order valence-corrected chi connectivity index (χ1v) is 22.5. The molecule has 0 aliphatic rings. The number of amides is 6. The Kier molecular flexibility index (Phi) is 22.3. The fourth-order valence-corrected chi connectivity index (χ4v) is 5.09. The Bertz CT molecular complexity index is 1940. The summed E-state index contributed by atoms with van der Waals surface area (Å²) in [7, 11) is 0. The molecule has 0 aliphatic heterocycles. The standard InChI is InChI=1S/C47H78N8O13/c1-42(2,3)63-36(56)50-33(48)31-23-25-32(26-24-31)62-30-22-29-55(41(61)68-47(16,17)18)35(53-39(59)66-45(10,11)12)54(40(60)67-46(13,14)15)28-21-19-20-27-49-34(51-37(57)64-43(4,5)6)52-38(58)65-44(7,8)9/h23-26H,19-22,27-30H2,1-18H3,(H2,48,50,56)(H2,49,51,52,57,58)/b53-35+. The first kappa shape index (κ1) is 59.9. The molecule has 0 saturated carbocycles. The minimum absolute atomic E-state index is 0.0351. The number of hydrogen-bond acceptors (Lipinski definition) is 14. The number of ether oxygens (including phenoxy) is 7. The molecule has 1 aromatic rings. The number of nitrogens with zero attached hydrogens (tertiary/aromatic N) is 4. The van der Waals surface area contributed by atoms with Crippen molar-refractivity contribution in [2.45, 2.75) is 184 Å². The van der Waals surface area contributed by atoms with Crippen LogP contribution in [0.2, 0.25) is 0 Å². The lowest BCUT2D eigenvalue weighted by atomic mass is 10.2. The molecule has 384 valence electrons. The van der Waals surface area contributed by atoms with Gasteiger partial charge in [0.05, 0.1) is 6.61 Å². The average molecular weight is 963 g/mol. The number of carbonyl (C=O) groups excluding carboxylic acids is 6. The summed E-state index contributed by atoms with van der Waals surface area (Å²) in [5.74, 6) is -0.361. The van der Waals surface area contributed by atoms with Gasteiger partial charge in [0.1, 0.15) is 45.2 Å². The van der Waals surface area contributed by atoms with Gasteiger partial charge in [0.2, 0.25) is 11.9 Å². The Morgan fingerprint density at radius 3 is 1.37 bits per heavy atom. The van der Waals surface area contributed by atoms with Crippen molar-refractivity contribution in [2.75, 3.05) is 26.2 Å². The molecule has 0 aromatic heterocycles. The van der Waals surface area contributed by atoms with Gasteiger partial charge in [0, 0.05) is 25.2 Å². The molecule has 0 fully saturated rings. The zero-order valence-electron chi connectivity index (χ0n) is 43.6. The second-order valence-corrected chi connectivity index (χ2v) is 21.4. The molecule has 0 atom stereocenters. The van der Waals surface area contributed by atoms with Crippen LogP contribution < -0.4 is 20.7 Å². The molecule has 0 unspecified atom stereocenters. The van der Waals surface area contributed by atoms with Crippen molar-refractivity contribution in [1.82, 2.24) is 25.8 Å². The highest BCUT2D eigenvalue weighted by atomic mass is 16.6. The number of guanidine groups is 2. The Hall–Kier alpha value is -6.15. The van der Waals surface area contributed by atoms with Gasteiger partial charge in [-0.05, 0) is 175 Å². The van der Waals surface area contributed by atoms with E-state index in [1.165, 1.54) is 0 Å². The molecule has 21 nitrogen and oxygen atoms in total. The van der Waals surface area contributed by atoms with Gasteiger partial charge in [-0.15, -0.1) is 9.98 Å². The van der Waals surface area contributed by atoms with Crippen molar-refractivity contribution in [3.05, 3.63) is 29.8 Å². The highest BCUT2D eigenvalue weighted by Crippen LogP contribution is 2.20. The van der Waals surface area contributed by atoms with Crippen LogP contribution in [-0.2, 0) is 28.4 Å². The smallest absolute Gasteiger partial charge is 0.437 e. The molecular formula is C47H78N8O13. The van der Waals surface area contributed by atoms with Crippen LogP contribution in [-0.4, -0.2) is 124 Å². The number of benzene rings is 1. The van der Waals surface area contributed by atoms with Crippen molar-refractivity contribution in [3.63, 3.8) is 0 Å². The molecule has 0 heterocycles. The summed E-state index contributed by atoms with van der Waals surface area (Å²) in [6, 6.07) is 6.38. The Morgan fingerprint density at radius 2 is 0.926 bits per heavy atom. The van der Waals surface area contributed by atoms with Crippen molar-refractivity contribution >= 4 is 54.3 Å². The molecule has 0 radical (unpaired) electrons. The van der Waals surface area contributed by atoms with Crippen LogP contribution in [0.4, 0.5) is 28.8 Å². The van der Waals surface area contributed by atoms with E-state index in [0.29, 0.717) is 24.2 Å². The summed E-state index contributed by atoms with van der Waals surface area (Å²) in [5, 5.41) is 16.0. The number of aliphatic imine (C=N–C) groups is 2. The van der Waals surface area contributed by atoms with E-state index in [2.05, 4.69) is 25.9 Å². The van der Waals surface area contributed by atoms with Crippen molar-refractivity contribution in [3.8, 4) is 5.75 Å². The van der Waals surface area contributed by atoms with Crippen LogP contribution in [0.1, 0.15) is 156 Å². The Morgan fingerprint density at radius 1 is 0.515 bits per heavy atom. The number of rotatable bonds is 12. The summed E-state index contributed by atoms with van der Waals surface area (Å²) >= 11 is 0. The lowest BCUT2D eigenvalue weighted by Gasteiger charge is -2.34. The largest absolute Gasteiger partial charge is 0.494 e. The predicted octanol–water partition coefficient (Wildman–Crippen LogP) is 9.65. The van der Waals surface area contributed by atoms with E-state index >= 15 is 0 Å². The molecule has 4 N–H and O–H groups in total. The number of amidine groups is 1. The Labute approximate surface area is 402 Å². The molecule has 1 aromatic carbocycles. The van der Waals surface area contributed by atoms with E-state index in [1.807, 2.05) is 0 Å². The van der Waals surface area contributed by atoms with Crippen molar-refractivity contribution in [2.24, 2.45) is 9.98 Å². The van der Waals surface area contributed by atoms with Crippen molar-refractivity contribution in [1.29, 1.82) is 5.41 Å². The van der Waals surface area contributed by atoms with Gasteiger partial charge in [-0.1, -0.05) is 0 Å². The fraction of sp³-hybridized carbons (Fsp3) is 0.681. The monoisotopic (exact) mass is 963 g/mol. The highest BCUT2D eigenvalue weighted by Gasteiger charge is 2.35. The van der Waals surface area contributed by atoms with Gasteiger partial charge in [-0.2, -0.15) is 0 Å². The van der Waals surface area contributed by atoms with Crippen LogP contribution >= 0.6 is 0 Å². The molecule has 21 heteroatoms. The third-order valence-electron chi connectivity index (χ3n) is 7.43. The summed E-state index contributed by atoms with van der Waals surface area (Å²) in [6.45, 7) is 30.1. The molecule has 0 aliphatic carbocycles. The lowest BCUT2D eigenvalue weighted by molar-refractivity contribution is 0.0267. The van der Waals surface area contributed by atoms with Crippen molar-refractivity contribution < 1.29 is 61.9 Å². The predicted molar refractivity (Wildman–Crippen MR) is 257 cm³/mol. The second-order valence-electron chi connectivity index (χ2n) is 21.4. The maximum Gasteiger partial charge on any atom is 0.437 e. The molecule has 68 heavy (non-hydrogen) atoms. The zero-order chi connectivity index (χ0) is 52.5. The molecule has 0 saturated heterocycles. The first-order valence-electron chi connectivity index (χ1n) is 22.5. The topological polar surface area (TPSA) is 258 Å². The normalized spacial score (nSPS) is 12.7. The quantitative estimate of drug-likeness (QED) is 0.0658. The molecule has 6 amide bonds. The average Bonchev–Trinajstić information content (AvgIpc) is 3.09. The first-order chi connectivity index (χ1) is 30.8. The molecular weight excluding hydrogens is 885 g/mol. The van der Waals surface area contributed by atoms with E-state index in [0.717, 1.165) is 9.80 Å². The highest BCUT2D eigenvalue weighted by molar-refractivity contribution is 6.05. The van der Waals surface area contributed by atoms with Crippen LogP contribution in [0.15, 0.2) is 34.3 Å². The second kappa shape index (κ2) is 25.3. The SMILES string of the molecule is CC(C)(C)OC(=O)/N=C(/NCCCCCN(C(=O)OC(C)(C)C)/C(=N\C(=O)OC(C)(C)C)N(CCCOc1ccc(C(=N)NC(=O)OC(C)(C)C)cc1)C(=O)OC(C)(C)C)NC(=O)OC(C)(C)C. The van der Waals surface area contributed by atoms with Crippen LogP contribution in [0.3, 0.4) is 0 Å².